The number of hydrogen-bond donors (Lipinski definition) is 1. The third-order valence-electron chi connectivity index (χ3n) is 3.06. The lowest BCUT2D eigenvalue weighted by molar-refractivity contribution is -0.133. The van der Waals surface area contributed by atoms with Gasteiger partial charge in [-0.2, -0.15) is 0 Å². The highest BCUT2D eigenvalue weighted by Gasteiger charge is 2.15. The van der Waals surface area contributed by atoms with E-state index >= 15 is 0 Å². The van der Waals surface area contributed by atoms with E-state index in [1.54, 1.807) is 0 Å². The number of aryl methyl sites for hydroxylation is 1. The second-order valence-electron chi connectivity index (χ2n) is 4.51. The molecule has 1 aliphatic rings. The summed E-state index contributed by atoms with van der Waals surface area (Å²) < 4.78 is 0. The Kier molecular flexibility index (Phi) is 5.38. The van der Waals surface area contributed by atoms with Crippen molar-refractivity contribution in [3.63, 3.8) is 0 Å². The molecule has 1 aromatic carbocycles. The van der Waals surface area contributed by atoms with Crippen molar-refractivity contribution in [3.05, 3.63) is 47.0 Å². The van der Waals surface area contributed by atoms with Crippen LogP contribution in [0.4, 0.5) is 0 Å². The molecular weight excluding hydrogens is 250 g/mol. The van der Waals surface area contributed by atoms with E-state index in [0.717, 1.165) is 19.6 Å². The van der Waals surface area contributed by atoms with E-state index < -0.39 is 5.97 Å². The predicted molar refractivity (Wildman–Crippen MR) is 74.0 cm³/mol. The molecule has 0 atom stereocenters. The number of aliphatic carboxylic acids is 1. The Morgan fingerprint density at radius 1 is 1.44 bits per heavy atom. The van der Waals surface area contributed by atoms with Crippen LogP contribution in [0.25, 0.3) is 0 Å². The van der Waals surface area contributed by atoms with Gasteiger partial charge in [-0.05, 0) is 18.9 Å². The van der Waals surface area contributed by atoms with Gasteiger partial charge in [0.1, 0.15) is 0 Å². The molecule has 2 rings (SSSR count). The number of halogens is 1. The molecule has 0 amide bonds. The third-order valence-corrected chi connectivity index (χ3v) is 3.06. The second kappa shape index (κ2) is 6.57. The maximum Gasteiger partial charge on any atom is 0.331 e. The van der Waals surface area contributed by atoms with Gasteiger partial charge in [-0.1, -0.05) is 35.9 Å². The number of nitrogens with zero attached hydrogens (tertiary/aromatic N) is 1. The molecule has 18 heavy (non-hydrogen) atoms. The van der Waals surface area contributed by atoms with E-state index in [4.69, 9.17) is 5.11 Å². The number of carboxylic acid groups (broad SMARTS) is 1. The van der Waals surface area contributed by atoms with Crippen molar-refractivity contribution in [3.8, 4) is 0 Å². The van der Waals surface area contributed by atoms with Crippen LogP contribution in [-0.4, -0.2) is 29.1 Å². The lowest BCUT2D eigenvalue weighted by Crippen LogP contribution is -2.29. The van der Waals surface area contributed by atoms with Gasteiger partial charge in [-0.3, -0.25) is 4.90 Å². The zero-order chi connectivity index (χ0) is 12.3. The molecular formula is C14H18ClNO2. The Morgan fingerprint density at radius 2 is 2.22 bits per heavy atom. The minimum Gasteiger partial charge on any atom is -0.478 e. The molecule has 0 aliphatic carbocycles. The smallest absolute Gasteiger partial charge is 0.331 e. The van der Waals surface area contributed by atoms with E-state index in [0.29, 0.717) is 12.0 Å². The molecule has 0 unspecified atom stereocenters. The number of rotatable bonds is 3. The van der Waals surface area contributed by atoms with Gasteiger partial charge in [0.05, 0.1) is 0 Å². The van der Waals surface area contributed by atoms with Crippen LogP contribution >= 0.6 is 12.4 Å². The zero-order valence-electron chi connectivity index (χ0n) is 10.4. The molecule has 0 fully saturated rings. The lowest BCUT2D eigenvalue weighted by Gasteiger charge is -2.25. The van der Waals surface area contributed by atoms with E-state index in [2.05, 4.69) is 36.1 Å². The Hall–Kier alpha value is -1.32. The van der Waals surface area contributed by atoms with Crippen molar-refractivity contribution in [2.24, 2.45) is 0 Å². The van der Waals surface area contributed by atoms with Gasteiger partial charge in [0.25, 0.3) is 0 Å². The van der Waals surface area contributed by atoms with Crippen molar-refractivity contribution >= 4 is 18.4 Å². The summed E-state index contributed by atoms with van der Waals surface area (Å²) in [7, 11) is 0. The first-order chi connectivity index (χ1) is 8.15. The minimum absolute atomic E-state index is 0. The molecule has 0 spiro atoms. The summed E-state index contributed by atoms with van der Waals surface area (Å²) in [5, 5.41) is 8.86. The summed E-state index contributed by atoms with van der Waals surface area (Å²) in [5.41, 5.74) is 3.10. The molecule has 3 nitrogen and oxygen atoms in total. The Morgan fingerprint density at radius 3 is 2.78 bits per heavy atom. The van der Waals surface area contributed by atoms with Crippen LogP contribution in [0, 0.1) is 6.92 Å². The monoisotopic (exact) mass is 267 g/mol. The summed E-state index contributed by atoms with van der Waals surface area (Å²) in [4.78, 5) is 13.0. The van der Waals surface area contributed by atoms with Crippen molar-refractivity contribution < 1.29 is 9.90 Å². The molecule has 0 saturated heterocycles. The highest BCUT2D eigenvalue weighted by molar-refractivity contribution is 5.86. The first-order valence-corrected chi connectivity index (χ1v) is 5.85. The summed E-state index contributed by atoms with van der Waals surface area (Å²) in [5.74, 6) is -0.778. The first-order valence-electron chi connectivity index (χ1n) is 5.85. The van der Waals surface area contributed by atoms with Crippen LogP contribution in [0.15, 0.2) is 35.9 Å². The van der Waals surface area contributed by atoms with Gasteiger partial charge >= 0.3 is 5.97 Å². The molecule has 1 aromatic rings. The number of hydrogen-bond acceptors (Lipinski definition) is 2. The van der Waals surface area contributed by atoms with Gasteiger partial charge in [0.2, 0.25) is 0 Å². The van der Waals surface area contributed by atoms with Crippen LogP contribution < -0.4 is 0 Å². The Balaban J connectivity index is 0.00000162. The second-order valence-corrected chi connectivity index (χ2v) is 4.51. The first kappa shape index (κ1) is 14.7. The summed E-state index contributed by atoms with van der Waals surface area (Å²) in [6.45, 7) is 4.54. The van der Waals surface area contributed by atoms with Gasteiger partial charge in [0, 0.05) is 25.2 Å². The molecule has 0 aromatic heterocycles. The third kappa shape index (κ3) is 3.86. The standard InChI is InChI=1S/C14H17NO2.ClH/c1-11-3-2-4-12(9-11)10-15-7-5-13(6-8-15)14(16)17;/h2-5,9H,6-8,10H2,1H3,(H,16,17);1H. The fourth-order valence-corrected chi connectivity index (χ4v) is 2.12. The average Bonchev–Trinajstić information content (AvgIpc) is 2.29. The summed E-state index contributed by atoms with van der Waals surface area (Å²) in [6, 6.07) is 8.44. The molecule has 1 N–H and O–H groups in total. The zero-order valence-corrected chi connectivity index (χ0v) is 11.2. The van der Waals surface area contributed by atoms with Gasteiger partial charge in [-0.15, -0.1) is 12.4 Å². The predicted octanol–water partition coefficient (Wildman–Crippen LogP) is 2.63. The Labute approximate surface area is 114 Å². The van der Waals surface area contributed by atoms with Crippen LogP contribution in [0.5, 0.6) is 0 Å². The highest BCUT2D eigenvalue weighted by Crippen LogP contribution is 2.14. The van der Waals surface area contributed by atoms with Crippen molar-refractivity contribution in [2.75, 3.05) is 13.1 Å². The molecule has 0 bridgehead atoms. The molecule has 1 heterocycles. The van der Waals surface area contributed by atoms with Crippen LogP contribution in [0.3, 0.4) is 0 Å². The minimum atomic E-state index is -0.778. The SMILES string of the molecule is Cc1cccc(CN2CC=C(C(=O)O)CC2)c1.Cl. The van der Waals surface area contributed by atoms with Crippen molar-refractivity contribution in [1.82, 2.24) is 4.90 Å². The largest absolute Gasteiger partial charge is 0.478 e. The fourth-order valence-electron chi connectivity index (χ4n) is 2.12. The molecule has 4 heteroatoms. The number of carbonyl (C=O) groups is 1. The molecule has 0 saturated carbocycles. The lowest BCUT2D eigenvalue weighted by atomic mass is 10.1. The van der Waals surface area contributed by atoms with Crippen LogP contribution in [0.1, 0.15) is 17.5 Å². The Bertz CT molecular complexity index is 457. The fraction of sp³-hybridized carbons (Fsp3) is 0.357. The maximum absolute atomic E-state index is 10.8. The van der Waals surface area contributed by atoms with Crippen LogP contribution in [0.2, 0.25) is 0 Å². The van der Waals surface area contributed by atoms with Gasteiger partial charge in [-0.25, -0.2) is 4.79 Å². The van der Waals surface area contributed by atoms with E-state index in [-0.39, 0.29) is 12.4 Å². The molecule has 98 valence electrons. The highest BCUT2D eigenvalue weighted by atomic mass is 35.5. The van der Waals surface area contributed by atoms with E-state index in [1.165, 1.54) is 11.1 Å². The van der Waals surface area contributed by atoms with Crippen LogP contribution in [-0.2, 0) is 11.3 Å². The van der Waals surface area contributed by atoms with Crippen molar-refractivity contribution in [1.29, 1.82) is 0 Å². The van der Waals surface area contributed by atoms with E-state index in [1.807, 2.05) is 6.08 Å². The average molecular weight is 268 g/mol. The summed E-state index contributed by atoms with van der Waals surface area (Å²) in [6.07, 6.45) is 2.46. The maximum atomic E-state index is 10.8. The molecule has 1 aliphatic heterocycles. The topological polar surface area (TPSA) is 40.5 Å². The van der Waals surface area contributed by atoms with Gasteiger partial charge in [0.15, 0.2) is 0 Å². The van der Waals surface area contributed by atoms with Crippen molar-refractivity contribution in [2.45, 2.75) is 19.9 Å². The summed E-state index contributed by atoms with van der Waals surface area (Å²) >= 11 is 0. The van der Waals surface area contributed by atoms with Gasteiger partial charge < -0.3 is 5.11 Å². The quantitative estimate of drug-likeness (QED) is 0.915. The number of benzene rings is 1. The normalized spacial score (nSPS) is 15.7. The number of carboxylic acids is 1. The van der Waals surface area contributed by atoms with E-state index in [9.17, 15) is 4.79 Å². The molecule has 0 radical (unpaired) electrons.